The summed E-state index contributed by atoms with van der Waals surface area (Å²) < 4.78 is 2.01. The van der Waals surface area contributed by atoms with Gasteiger partial charge in [0.2, 0.25) is 5.91 Å². The maximum Gasteiger partial charge on any atom is 0.239 e. The molecule has 0 bridgehead atoms. The van der Waals surface area contributed by atoms with Gasteiger partial charge in [0, 0.05) is 24.8 Å². The molecule has 4 heteroatoms. The van der Waals surface area contributed by atoms with E-state index in [0.717, 1.165) is 24.5 Å². The maximum absolute atomic E-state index is 11.9. The van der Waals surface area contributed by atoms with E-state index < -0.39 is 0 Å². The number of rotatable bonds is 6. The smallest absolute Gasteiger partial charge is 0.239 e. The second-order valence-corrected chi connectivity index (χ2v) is 5.61. The van der Waals surface area contributed by atoms with Gasteiger partial charge in [-0.15, -0.1) is 0 Å². The monoisotopic (exact) mass is 271 g/mol. The standard InChI is InChI=1S/C16H21N3O/c1-17-9-13-4-5-15-14(8-13)6-7-19(15)11-16(20)18-10-12-2-3-12/h4-8,12,17H,2-3,9-11H2,1H3,(H,18,20). The van der Waals surface area contributed by atoms with Crippen LogP contribution in [0.5, 0.6) is 0 Å². The molecule has 4 nitrogen and oxygen atoms in total. The number of hydrogen-bond acceptors (Lipinski definition) is 2. The third-order valence-corrected chi connectivity index (χ3v) is 3.82. The molecule has 2 aromatic rings. The van der Waals surface area contributed by atoms with Crippen LogP contribution in [-0.4, -0.2) is 24.1 Å². The van der Waals surface area contributed by atoms with Crippen LogP contribution in [0.25, 0.3) is 10.9 Å². The molecular weight excluding hydrogens is 250 g/mol. The summed E-state index contributed by atoms with van der Waals surface area (Å²) in [6.07, 6.45) is 4.52. The molecule has 0 radical (unpaired) electrons. The Morgan fingerprint density at radius 2 is 2.20 bits per heavy atom. The highest BCUT2D eigenvalue weighted by atomic mass is 16.1. The normalized spacial score (nSPS) is 14.7. The Morgan fingerprint density at radius 3 is 2.95 bits per heavy atom. The number of hydrogen-bond donors (Lipinski definition) is 2. The molecule has 1 aromatic heterocycles. The quantitative estimate of drug-likeness (QED) is 0.843. The first-order valence-corrected chi connectivity index (χ1v) is 7.25. The first kappa shape index (κ1) is 13.2. The Morgan fingerprint density at radius 1 is 1.35 bits per heavy atom. The van der Waals surface area contributed by atoms with Crippen LogP contribution in [0.2, 0.25) is 0 Å². The summed E-state index contributed by atoms with van der Waals surface area (Å²) in [5.74, 6) is 0.832. The molecule has 0 unspecified atom stereocenters. The van der Waals surface area contributed by atoms with Crippen LogP contribution < -0.4 is 10.6 Å². The third kappa shape index (κ3) is 3.02. The first-order valence-electron chi connectivity index (χ1n) is 7.25. The van der Waals surface area contributed by atoms with Gasteiger partial charge in [0.1, 0.15) is 6.54 Å². The summed E-state index contributed by atoms with van der Waals surface area (Å²) in [6, 6.07) is 8.45. The van der Waals surface area contributed by atoms with E-state index in [9.17, 15) is 4.79 Å². The van der Waals surface area contributed by atoms with Crippen LogP contribution in [0.3, 0.4) is 0 Å². The van der Waals surface area contributed by atoms with Gasteiger partial charge in [-0.3, -0.25) is 4.79 Å². The van der Waals surface area contributed by atoms with Crippen LogP contribution >= 0.6 is 0 Å². The zero-order chi connectivity index (χ0) is 13.9. The minimum Gasteiger partial charge on any atom is -0.354 e. The molecule has 3 rings (SSSR count). The second kappa shape index (κ2) is 5.67. The molecule has 1 heterocycles. The van der Waals surface area contributed by atoms with Crippen molar-refractivity contribution in [2.45, 2.75) is 25.9 Å². The van der Waals surface area contributed by atoms with Crippen molar-refractivity contribution >= 4 is 16.8 Å². The molecule has 0 aliphatic heterocycles. The molecule has 0 saturated heterocycles. The predicted octanol–water partition coefficient (Wildman–Crippen LogP) is 1.89. The van der Waals surface area contributed by atoms with E-state index >= 15 is 0 Å². The summed E-state index contributed by atoms with van der Waals surface area (Å²) >= 11 is 0. The highest BCUT2D eigenvalue weighted by Crippen LogP contribution is 2.27. The van der Waals surface area contributed by atoms with Gasteiger partial charge in [0.25, 0.3) is 0 Å². The Bertz CT molecular complexity index is 613. The van der Waals surface area contributed by atoms with E-state index in [1.807, 2.05) is 17.8 Å². The fourth-order valence-electron chi connectivity index (χ4n) is 2.49. The molecule has 0 spiro atoms. The maximum atomic E-state index is 11.9. The van der Waals surface area contributed by atoms with Gasteiger partial charge in [-0.25, -0.2) is 0 Å². The molecule has 1 saturated carbocycles. The molecule has 1 aliphatic rings. The number of benzene rings is 1. The number of nitrogens with one attached hydrogen (secondary N) is 2. The van der Waals surface area contributed by atoms with Crippen molar-refractivity contribution in [1.82, 2.24) is 15.2 Å². The van der Waals surface area contributed by atoms with E-state index in [0.29, 0.717) is 6.54 Å². The molecule has 106 valence electrons. The van der Waals surface area contributed by atoms with Crippen molar-refractivity contribution < 1.29 is 4.79 Å². The van der Waals surface area contributed by atoms with Crippen LogP contribution in [0.15, 0.2) is 30.5 Å². The number of fused-ring (bicyclic) bond motifs is 1. The first-order chi connectivity index (χ1) is 9.76. The summed E-state index contributed by atoms with van der Waals surface area (Å²) in [5, 5.41) is 7.35. The van der Waals surface area contributed by atoms with Crippen molar-refractivity contribution in [1.29, 1.82) is 0 Å². The molecule has 0 atom stereocenters. The van der Waals surface area contributed by atoms with E-state index in [-0.39, 0.29) is 5.91 Å². The highest BCUT2D eigenvalue weighted by molar-refractivity contribution is 5.83. The summed E-state index contributed by atoms with van der Waals surface area (Å²) in [6.45, 7) is 2.11. The highest BCUT2D eigenvalue weighted by Gasteiger charge is 2.21. The summed E-state index contributed by atoms with van der Waals surface area (Å²) in [4.78, 5) is 11.9. The SMILES string of the molecule is CNCc1ccc2c(ccn2CC(=O)NCC2CC2)c1. The summed E-state index contributed by atoms with van der Waals surface area (Å²) in [5.41, 5.74) is 2.38. The van der Waals surface area contributed by atoms with E-state index in [4.69, 9.17) is 0 Å². The largest absolute Gasteiger partial charge is 0.354 e. The fourth-order valence-corrected chi connectivity index (χ4v) is 2.49. The van der Waals surface area contributed by atoms with Crippen LogP contribution in [0.1, 0.15) is 18.4 Å². The van der Waals surface area contributed by atoms with Crippen LogP contribution in [0, 0.1) is 5.92 Å². The Labute approximate surface area is 119 Å². The van der Waals surface area contributed by atoms with Gasteiger partial charge in [-0.05, 0) is 55.0 Å². The average molecular weight is 271 g/mol. The van der Waals surface area contributed by atoms with E-state index in [1.165, 1.54) is 23.8 Å². The minimum absolute atomic E-state index is 0.105. The zero-order valence-corrected chi connectivity index (χ0v) is 11.9. The molecule has 2 N–H and O–H groups in total. The van der Waals surface area contributed by atoms with E-state index in [1.54, 1.807) is 0 Å². The number of carbonyl (C=O) groups excluding carboxylic acids is 1. The van der Waals surface area contributed by atoms with Crippen molar-refractivity contribution in [3.05, 3.63) is 36.0 Å². The van der Waals surface area contributed by atoms with Crippen LogP contribution in [-0.2, 0) is 17.9 Å². The molecule has 1 aliphatic carbocycles. The van der Waals surface area contributed by atoms with Gasteiger partial charge in [-0.1, -0.05) is 6.07 Å². The zero-order valence-electron chi connectivity index (χ0n) is 11.9. The van der Waals surface area contributed by atoms with Gasteiger partial charge in [0.05, 0.1) is 0 Å². The van der Waals surface area contributed by atoms with Gasteiger partial charge >= 0.3 is 0 Å². The lowest BCUT2D eigenvalue weighted by Gasteiger charge is -2.07. The third-order valence-electron chi connectivity index (χ3n) is 3.82. The Hall–Kier alpha value is -1.81. The average Bonchev–Trinajstić information content (AvgIpc) is 3.19. The van der Waals surface area contributed by atoms with Crippen molar-refractivity contribution in [3.8, 4) is 0 Å². The van der Waals surface area contributed by atoms with Crippen molar-refractivity contribution in [2.75, 3.05) is 13.6 Å². The van der Waals surface area contributed by atoms with Gasteiger partial charge in [-0.2, -0.15) is 0 Å². The van der Waals surface area contributed by atoms with Gasteiger partial charge < -0.3 is 15.2 Å². The molecule has 1 amide bonds. The number of carbonyl (C=O) groups is 1. The van der Waals surface area contributed by atoms with Crippen molar-refractivity contribution in [3.63, 3.8) is 0 Å². The number of amides is 1. The minimum atomic E-state index is 0.105. The van der Waals surface area contributed by atoms with E-state index in [2.05, 4.69) is 34.9 Å². The van der Waals surface area contributed by atoms with Gasteiger partial charge in [0.15, 0.2) is 0 Å². The molecule has 1 fully saturated rings. The second-order valence-electron chi connectivity index (χ2n) is 5.61. The predicted molar refractivity (Wildman–Crippen MR) is 80.4 cm³/mol. The summed E-state index contributed by atoms with van der Waals surface area (Å²) in [7, 11) is 1.94. The number of aromatic nitrogens is 1. The Kier molecular flexibility index (Phi) is 3.74. The topological polar surface area (TPSA) is 46.1 Å². The molecule has 1 aromatic carbocycles. The fraction of sp³-hybridized carbons (Fsp3) is 0.438. The lowest BCUT2D eigenvalue weighted by atomic mass is 10.1. The van der Waals surface area contributed by atoms with Crippen molar-refractivity contribution in [2.24, 2.45) is 5.92 Å². The molecule has 20 heavy (non-hydrogen) atoms. The lowest BCUT2D eigenvalue weighted by Crippen LogP contribution is -2.29. The number of nitrogens with zero attached hydrogens (tertiary/aromatic N) is 1. The molecular formula is C16H21N3O. The van der Waals surface area contributed by atoms with Crippen LogP contribution in [0.4, 0.5) is 0 Å². The lowest BCUT2D eigenvalue weighted by molar-refractivity contribution is -0.121. The Balaban J connectivity index is 1.69.